The van der Waals surface area contributed by atoms with Crippen LogP contribution >= 0.6 is 0 Å². The Morgan fingerprint density at radius 1 is 1.47 bits per heavy atom. The number of carbonyl (C=O) groups excluding carboxylic acids is 1. The molecular formula is C12H24N2O. The molecule has 88 valence electrons. The van der Waals surface area contributed by atoms with Crippen molar-refractivity contribution in [3.05, 3.63) is 0 Å². The molecule has 0 aromatic carbocycles. The van der Waals surface area contributed by atoms with Crippen LogP contribution < -0.4 is 11.1 Å². The Kier molecular flexibility index (Phi) is 5.09. The van der Waals surface area contributed by atoms with Crippen molar-refractivity contribution in [2.24, 2.45) is 11.7 Å². The summed E-state index contributed by atoms with van der Waals surface area (Å²) in [5.74, 6) is 0.809. The first kappa shape index (κ1) is 12.5. The zero-order valence-corrected chi connectivity index (χ0v) is 9.96. The second-order valence-electron chi connectivity index (χ2n) is 4.95. The predicted octanol–water partition coefficient (Wildman–Crippen LogP) is 1.81. The van der Waals surface area contributed by atoms with Crippen molar-refractivity contribution in [2.75, 3.05) is 0 Å². The summed E-state index contributed by atoms with van der Waals surface area (Å²) in [4.78, 5) is 11.6. The van der Waals surface area contributed by atoms with Gasteiger partial charge in [0.15, 0.2) is 0 Å². The van der Waals surface area contributed by atoms with Gasteiger partial charge in [-0.15, -0.1) is 0 Å². The lowest BCUT2D eigenvalue weighted by Gasteiger charge is -2.29. The van der Waals surface area contributed by atoms with Crippen LogP contribution in [0.4, 0.5) is 0 Å². The van der Waals surface area contributed by atoms with Gasteiger partial charge in [-0.1, -0.05) is 19.8 Å². The molecule has 0 heterocycles. The highest BCUT2D eigenvalue weighted by molar-refractivity contribution is 5.76. The lowest BCUT2D eigenvalue weighted by Crippen LogP contribution is -2.41. The van der Waals surface area contributed by atoms with E-state index in [-0.39, 0.29) is 11.9 Å². The van der Waals surface area contributed by atoms with E-state index in [1.165, 1.54) is 19.3 Å². The van der Waals surface area contributed by atoms with E-state index in [4.69, 9.17) is 5.73 Å². The average molecular weight is 212 g/mol. The fourth-order valence-electron chi connectivity index (χ4n) is 2.17. The first-order valence-corrected chi connectivity index (χ1v) is 6.14. The summed E-state index contributed by atoms with van der Waals surface area (Å²) in [5.41, 5.74) is 5.62. The molecule has 3 atom stereocenters. The van der Waals surface area contributed by atoms with Crippen LogP contribution in [0, 0.1) is 5.92 Å². The number of nitrogens with two attached hydrogens (primary N) is 1. The number of hydrogen-bond acceptors (Lipinski definition) is 2. The summed E-state index contributed by atoms with van der Waals surface area (Å²) >= 11 is 0. The van der Waals surface area contributed by atoms with Crippen LogP contribution in [-0.4, -0.2) is 18.0 Å². The third-order valence-corrected chi connectivity index (χ3v) is 3.28. The predicted molar refractivity (Wildman–Crippen MR) is 62.4 cm³/mol. The second kappa shape index (κ2) is 6.11. The van der Waals surface area contributed by atoms with Gasteiger partial charge < -0.3 is 11.1 Å². The Hall–Kier alpha value is -0.570. The van der Waals surface area contributed by atoms with E-state index in [0.717, 1.165) is 12.8 Å². The average Bonchev–Trinajstić information content (AvgIpc) is 2.18. The Bertz CT molecular complexity index is 204. The van der Waals surface area contributed by atoms with Gasteiger partial charge in [0.05, 0.1) is 0 Å². The van der Waals surface area contributed by atoms with Gasteiger partial charge in [0.1, 0.15) is 0 Å². The standard InChI is InChI=1S/C12H24N2O/c1-9-5-3-4-6-11(9)14-12(15)8-7-10(2)13/h9-11H,3-8,13H2,1-2H3,(H,14,15). The molecule has 0 aliphatic heterocycles. The zero-order chi connectivity index (χ0) is 11.3. The van der Waals surface area contributed by atoms with Gasteiger partial charge in [-0.3, -0.25) is 4.79 Å². The molecule has 0 spiro atoms. The molecule has 3 nitrogen and oxygen atoms in total. The Morgan fingerprint density at radius 2 is 2.13 bits per heavy atom. The second-order valence-corrected chi connectivity index (χ2v) is 4.95. The van der Waals surface area contributed by atoms with Crippen molar-refractivity contribution >= 4 is 5.91 Å². The van der Waals surface area contributed by atoms with E-state index in [1.807, 2.05) is 6.92 Å². The van der Waals surface area contributed by atoms with Crippen molar-refractivity contribution in [3.63, 3.8) is 0 Å². The van der Waals surface area contributed by atoms with Gasteiger partial charge in [-0.2, -0.15) is 0 Å². The zero-order valence-electron chi connectivity index (χ0n) is 9.96. The van der Waals surface area contributed by atoms with Crippen molar-refractivity contribution in [1.29, 1.82) is 0 Å². The SMILES string of the molecule is CC(N)CCC(=O)NC1CCCCC1C. The highest BCUT2D eigenvalue weighted by atomic mass is 16.1. The van der Waals surface area contributed by atoms with Crippen LogP contribution in [0.15, 0.2) is 0 Å². The van der Waals surface area contributed by atoms with Crippen molar-refractivity contribution in [2.45, 2.75) is 64.5 Å². The number of nitrogens with one attached hydrogen (secondary N) is 1. The molecule has 1 rings (SSSR count). The normalized spacial score (nSPS) is 28.5. The monoisotopic (exact) mass is 212 g/mol. The minimum Gasteiger partial charge on any atom is -0.353 e. The molecule has 3 N–H and O–H groups in total. The largest absolute Gasteiger partial charge is 0.353 e. The van der Waals surface area contributed by atoms with Gasteiger partial charge in [-0.25, -0.2) is 0 Å². The van der Waals surface area contributed by atoms with Crippen LogP contribution in [0.1, 0.15) is 52.4 Å². The summed E-state index contributed by atoms with van der Waals surface area (Å²) in [5, 5.41) is 3.13. The van der Waals surface area contributed by atoms with Crippen molar-refractivity contribution in [1.82, 2.24) is 5.32 Å². The van der Waals surface area contributed by atoms with Crippen LogP contribution in [0.3, 0.4) is 0 Å². The fourth-order valence-corrected chi connectivity index (χ4v) is 2.17. The molecule has 1 aliphatic carbocycles. The minimum atomic E-state index is 0.125. The molecule has 0 aromatic rings. The molecule has 3 unspecified atom stereocenters. The van der Waals surface area contributed by atoms with Crippen molar-refractivity contribution in [3.8, 4) is 0 Å². The molecule has 1 fully saturated rings. The molecule has 1 aliphatic rings. The van der Waals surface area contributed by atoms with E-state index in [2.05, 4.69) is 12.2 Å². The van der Waals surface area contributed by atoms with E-state index >= 15 is 0 Å². The molecule has 0 aromatic heterocycles. The maximum atomic E-state index is 11.6. The topological polar surface area (TPSA) is 55.1 Å². The van der Waals surface area contributed by atoms with E-state index in [0.29, 0.717) is 18.4 Å². The van der Waals surface area contributed by atoms with Crippen LogP contribution in [-0.2, 0) is 4.79 Å². The number of carbonyl (C=O) groups is 1. The van der Waals surface area contributed by atoms with E-state index in [1.54, 1.807) is 0 Å². The molecule has 0 saturated heterocycles. The number of hydrogen-bond donors (Lipinski definition) is 2. The highest BCUT2D eigenvalue weighted by Crippen LogP contribution is 2.23. The van der Waals surface area contributed by atoms with Crippen LogP contribution in [0.2, 0.25) is 0 Å². The first-order chi connectivity index (χ1) is 7.09. The molecule has 15 heavy (non-hydrogen) atoms. The molecule has 1 amide bonds. The first-order valence-electron chi connectivity index (χ1n) is 6.14. The highest BCUT2D eigenvalue weighted by Gasteiger charge is 2.22. The maximum absolute atomic E-state index is 11.6. The van der Waals surface area contributed by atoms with Gasteiger partial charge in [0.2, 0.25) is 5.91 Å². The quantitative estimate of drug-likeness (QED) is 0.746. The summed E-state index contributed by atoms with van der Waals surface area (Å²) in [6.45, 7) is 4.17. The summed E-state index contributed by atoms with van der Waals surface area (Å²) in [7, 11) is 0. The number of amides is 1. The molecule has 0 bridgehead atoms. The third kappa shape index (κ3) is 4.65. The Morgan fingerprint density at radius 3 is 2.73 bits per heavy atom. The van der Waals surface area contributed by atoms with Gasteiger partial charge in [0.25, 0.3) is 0 Å². The summed E-state index contributed by atoms with van der Waals surface area (Å²) in [6, 6.07) is 0.527. The van der Waals surface area contributed by atoms with Crippen molar-refractivity contribution < 1.29 is 4.79 Å². The van der Waals surface area contributed by atoms with Gasteiger partial charge in [0, 0.05) is 18.5 Å². The molecular weight excluding hydrogens is 188 g/mol. The molecule has 3 heteroatoms. The minimum absolute atomic E-state index is 0.125. The Balaban J connectivity index is 2.24. The lowest BCUT2D eigenvalue weighted by molar-refractivity contribution is -0.122. The fraction of sp³-hybridized carbons (Fsp3) is 0.917. The maximum Gasteiger partial charge on any atom is 0.220 e. The van der Waals surface area contributed by atoms with E-state index in [9.17, 15) is 4.79 Å². The third-order valence-electron chi connectivity index (χ3n) is 3.28. The van der Waals surface area contributed by atoms with Gasteiger partial charge in [-0.05, 0) is 32.1 Å². The smallest absolute Gasteiger partial charge is 0.220 e. The summed E-state index contributed by atoms with van der Waals surface area (Å²) < 4.78 is 0. The summed E-state index contributed by atoms with van der Waals surface area (Å²) in [6.07, 6.45) is 6.31. The molecule has 1 saturated carbocycles. The van der Waals surface area contributed by atoms with Crippen LogP contribution in [0.25, 0.3) is 0 Å². The Labute approximate surface area is 92.8 Å². The van der Waals surface area contributed by atoms with E-state index < -0.39 is 0 Å². The molecule has 0 radical (unpaired) electrons. The number of rotatable bonds is 4. The lowest BCUT2D eigenvalue weighted by atomic mass is 9.86. The van der Waals surface area contributed by atoms with Gasteiger partial charge >= 0.3 is 0 Å². The van der Waals surface area contributed by atoms with Crippen LogP contribution in [0.5, 0.6) is 0 Å².